The summed E-state index contributed by atoms with van der Waals surface area (Å²) in [5, 5.41) is 0. The maximum atomic E-state index is 13.5. The molecule has 5 heteroatoms. The summed E-state index contributed by atoms with van der Waals surface area (Å²) in [7, 11) is 0. The van der Waals surface area contributed by atoms with Crippen LogP contribution in [0.15, 0.2) is 53.4 Å². The number of carbonyl (C=O) groups excluding carboxylic acids is 1. The molecule has 1 heterocycles. The Morgan fingerprint density at radius 1 is 1.00 bits per heavy atom. The third-order valence-corrected chi connectivity index (χ3v) is 6.69. The first kappa shape index (κ1) is 19.3. The fourth-order valence-corrected chi connectivity index (χ4v) is 5.34. The van der Waals surface area contributed by atoms with Crippen molar-refractivity contribution in [3.8, 4) is 11.1 Å². The Morgan fingerprint density at radius 2 is 1.68 bits per heavy atom. The molecule has 0 aromatic heterocycles. The summed E-state index contributed by atoms with van der Waals surface area (Å²) < 4.78 is 14.2. The average Bonchev–Trinajstić information content (AvgIpc) is 2.87. The Morgan fingerprint density at radius 3 is 2.39 bits per heavy atom. The van der Waals surface area contributed by atoms with Gasteiger partial charge in [0.05, 0.1) is 4.91 Å². The first-order chi connectivity index (χ1) is 13.6. The van der Waals surface area contributed by atoms with Crippen molar-refractivity contribution in [3.05, 3.63) is 64.8 Å². The van der Waals surface area contributed by atoms with Crippen LogP contribution in [0.5, 0.6) is 0 Å². The predicted molar refractivity (Wildman–Crippen MR) is 118 cm³/mol. The molecule has 2 aliphatic rings. The van der Waals surface area contributed by atoms with Gasteiger partial charge in [0.15, 0.2) is 0 Å². The van der Waals surface area contributed by atoms with Crippen molar-refractivity contribution in [1.82, 2.24) is 4.90 Å². The van der Waals surface area contributed by atoms with Gasteiger partial charge in [0.1, 0.15) is 10.1 Å². The molecule has 4 rings (SSSR count). The highest BCUT2D eigenvalue weighted by molar-refractivity contribution is 8.26. The third kappa shape index (κ3) is 4.20. The van der Waals surface area contributed by atoms with Gasteiger partial charge in [-0.15, -0.1) is 0 Å². The van der Waals surface area contributed by atoms with E-state index in [4.69, 9.17) is 12.2 Å². The normalized spacial score (nSPS) is 20.0. The van der Waals surface area contributed by atoms with Crippen molar-refractivity contribution in [2.24, 2.45) is 0 Å². The number of hydrogen-bond donors (Lipinski definition) is 0. The fraction of sp³-hybridized carbons (Fsp3) is 0.304. The number of carbonyl (C=O) groups is 1. The number of halogens is 1. The first-order valence-electron chi connectivity index (χ1n) is 9.75. The highest BCUT2D eigenvalue weighted by Crippen LogP contribution is 2.37. The van der Waals surface area contributed by atoms with Gasteiger partial charge in [-0.1, -0.05) is 80.0 Å². The van der Waals surface area contributed by atoms with Gasteiger partial charge >= 0.3 is 0 Å². The average molecular weight is 412 g/mol. The molecule has 0 N–H and O–H groups in total. The minimum atomic E-state index is -0.257. The third-order valence-electron chi connectivity index (χ3n) is 5.36. The van der Waals surface area contributed by atoms with Crippen LogP contribution in [0.1, 0.15) is 44.1 Å². The van der Waals surface area contributed by atoms with Crippen molar-refractivity contribution in [3.63, 3.8) is 0 Å². The Labute approximate surface area is 174 Å². The Bertz CT molecular complexity index is 932. The van der Waals surface area contributed by atoms with Crippen molar-refractivity contribution < 1.29 is 9.18 Å². The molecular weight excluding hydrogens is 389 g/mol. The molecule has 0 bridgehead atoms. The van der Waals surface area contributed by atoms with E-state index >= 15 is 0 Å². The van der Waals surface area contributed by atoms with Crippen LogP contribution in [0.3, 0.4) is 0 Å². The second-order valence-electron chi connectivity index (χ2n) is 7.33. The maximum absolute atomic E-state index is 13.5. The molecule has 2 aromatic rings. The number of hydrogen-bond acceptors (Lipinski definition) is 3. The largest absolute Gasteiger partial charge is 0.290 e. The molecule has 0 atom stereocenters. The summed E-state index contributed by atoms with van der Waals surface area (Å²) in [6.07, 6.45) is 8.79. The summed E-state index contributed by atoms with van der Waals surface area (Å²) in [4.78, 5) is 15.5. The van der Waals surface area contributed by atoms with Gasteiger partial charge in [-0.2, -0.15) is 0 Å². The topological polar surface area (TPSA) is 20.3 Å². The molecule has 2 nitrogen and oxygen atoms in total. The summed E-state index contributed by atoms with van der Waals surface area (Å²) in [5.41, 5.74) is 2.66. The second-order valence-corrected chi connectivity index (χ2v) is 9.01. The zero-order valence-corrected chi connectivity index (χ0v) is 17.2. The predicted octanol–water partition coefficient (Wildman–Crippen LogP) is 6.42. The van der Waals surface area contributed by atoms with Crippen LogP contribution in [0.25, 0.3) is 17.2 Å². The van der Waals surface area contributed by atoms with Crippen LogP contribution >= 0.6 is 24.0 Å². The van der Waals surface area contributed by atoms with Crippen LogP contribution in [-0.4, -0.2) is 21.2 Å². The zero-order valence-electron chi connectivity index (χ0n) is 15.6. The number of thioether (sulfide) groups is 1. The van der Waals surface area contributed by atoms with E-state index < -0.39 is 0 Å². The molecular formula is C23H22FNOS2. The van der Waals surface area contributed by atoms with Crippen LogP contribution in [0.4, 0.5) is 4.39 Å². The van der Waals surface area contributed by atoms with Crippen LogP contribution < -0.4 is 0 Å². The number of nitrogens with zero attached hydrogens (tertiary/aromatic N) is 1. The summed E-state index contributed by atoms with van der Waals surface area (Å²) in [6.45, 7) is 0. The van der Waals surface area contributed by atoms with E-state index in [2.05, 4.69) is 0 Å². The first-order valence-corrected chi connectivity index (χ1v) is 11.0. The molecule has 2 fully saturated rings. The second kappa shape index (κ2) is 8.58. The van der Waals surface area contributed by atoms with Gasteiger partial charge in [0, 0.05) is 6.04 Å². The molecule has 0 spiro atoms. The van der Waals surface area contributed by atoms with E-state index in [1.54, 1.807) is 6.07 Å². The molecule has 28 heavy (non-hydrogen) atoms. The lowest BCUT2D eigenvalue weighted by molar-refractivity contribution is -0.123. The lowest BCUT2D eigenvalue weighted by Gasteiger charge is -2.25. The Balaban J connectivity index is 1.58. The van der Waals surface area contributed by atoms with Crippen molar-refractivity contribution >= 4 is 40.3 Å². The Kier molecular flexibility index (Phi) is 5.93. The number of rotatable bonds is 3. The van der Waals surface area contributed by atoms with Gasteiger partial charge in [-0.25, -0.2) is 4.39 Å². The van der Waals surface area contributed by atoms with E-state index in [0.29, 0.717) is 9.23 Å². The highest BCUT2D eigenvalue weighted by Gasteiger charge is 2.37. The standard InChI is InChI=1S/C23H22FNOS2/c24-19-10-6-9-18(15-19)17-8-5-7-16(13-17)14-21-22(26)25(23(27)28-21)20-11-3-1-2-4-12-20/h5-10,13-15,20H,1-4,11-12H2/b21-14-. The van der Waals surface area contributed by atoms with E-state index in [0.717, 1.165) is 42.4 Å². The molecule has 1 amide bonds. The van der Waals surface area contributed by atoms with E-state index in [-0.39, 0.29) is 17.8 Å². The minimum Gasteiger partial charge on any atom is -0.290 e. The van der Waals surface area contributed by atoms with Crippen LogP contribution in [0.2, 0.25) is 0 Å². The number of amides is 1. The van der Waals surface area contributed by atoms with E-state index in [1.807, 2.05) is 41.3 Å². The molecule has 1 aliphatic carbocycles. The number of thiocarbonyl (C=S) groups is 1. The van der Waals surface area contributed by atoms with Crippen LogP contribution in [0, 0.1) is 5.82 Å². The smallest absolute Gasteiger partial charge is 0.266 e. The summed E-state index contributed by atoms with van der Waals surface area (Å²) in [5.74, 6) is -0.231. The van der Waals surface area contributed by atoms with E-state index in [1.165, 1.54) is 36.7 Å². The van der Waals surface area contributed by atoms with Crippen molar-refractivity contribution in [2.45, 2.75) is 44.6 Å². The van der Waals surface area contributed by atoms with Gasteiger partial charge in [0.25, 0.3) is 5.91 Å². The van der Waals surface area contributed by atoms with Crippen molar-refractivity contribution in [1.29, 1.82) is 0 Å². The molecule has 144 valence electrons. The highest BCUT2D eigenvalue weighted by atomic mass is 32.2. The summed E-state index contributed by atoms with van der Waals surface area (Å²) in [6, 6.07) is 14.6. The summed E-state index contributed by atoms with van der Waals surface area (Å²) >= 11 is 6.93. The molecule has 0 radical (unpaired) electrons. The lowest BCUT2D eigenvalue weighted by Crippen LogP contribution is -2.38. The molecule has 1 aliphatic heterocycles. The van der Waals surface area contributed by atoms with Gasteiger partial charge in [-0.05, 0) is 53.8 Å². The minimum absolute atomic E-state index is 0.0260. The fourth-order valence-electron chi connectivity index (χ4n) is 3.94. The quantitative estimate of drug-likeness (QED) is 0.330. The molecule has 1 saturated heterocycles. The van der Waals surface area contributed by atoms with E-state index in [9.17, 15) is 9.18 Å². The van der Waals surface area contributed by atoms with Gasteiger partial charge in [-0.3, -0.25) is 9.69 Å². The molecule has 1 saturated carbocycles. The molecule has 2 aromatic carbocycles. The van der Waals surface area contributed by atoms with Gasteiger partial charge in [0.2, 0.25) is 0 Å². The van der Waals surface area contributed by atoms with Gasteiger partial charge < -0.3 is 0 Å². The number of benzene rings is 2. The maximum Gasteiger partial charge on any atom is 0.266 e. The molecule has 0 unspecified atom stereocenters. The van der Waals surface area contributed by atoms with Crippen LogP contribution in [-0.2, 0) is 4.79 Å². The zero-order chi connectivity index (χ0) is 19.5. The van der Waals surface area contributed by atoms with Crippen molar-refractivity contribution in [2.75, 3.05) is 0 Å². The Hall–Kier alpha value is -1.98. The lowest BCUT2D eigenvalue weighted by atomic mass is 10.0. The monoisotopic (exact) mass is 411 g/mol. The SMILES string of the molecule is O=C1/C(=C/c2cccc(-c3cccc(F)c3)c2)SC(=S)N1C1CCCCCC1.